The Bertz CT molecular complexity index is 553. The van der Waals surface area contributed by atoms with Crippen molar-refractivity contribution in [3.05, 3.63) is 35.8 Å². The molecule has 0 atom stereocenters. The molecule has 1 N–H and O–H groups in total. The monoisotopic (exact) mass is 246 g/mol. The molecule has 3 heteroatoms. The molecule has 2 nitrogen and oxygen atoms in total. The Balaban J connectivity index is 1.85. The predicted molar refractivity (Wildman–Crippen MR) is 72.0 cm³/mol. The summed E-state index contributed by atoms with van der Waals surface area (Å²) < 4.78 is 15.6. The highest BCUT2D eigenvalue weighted by atomic mass is 19.1. The summed E-state index contributed by atoms with van der Waals surface area (Å²) >= 11 is 0. The molecule has 1 fully saturated rings. The highest BCUT2D eigenvalue weighted by Crippen LogP contribution is 2.24. The summed E-state index contributed by atoms with van der Waals surface area (Å²) in [7, 11) is 1.91. The van der Waals surface area contributed by atoms with E-state index in [9.17, 15) is 4.39 Å². The van der Waals surface area contributed by atoms with E-state index in [1.807, 2.05) is 23.9 Å². The maximum absolute atomic E-state index is 13.8. The molecule has 0 bridgehead atoms. The average molecular weight is 246 g/mol. The molecule has 1 aromatic carbocycles. The fourth-order valence-corrected chi connectivity index (χ4v) is 3.03. The van der Waals surface area contributed by atoms with Gasteiger partial charge in [-0.15, -0.1) is 0 Å². The molecule has 1 heterocycles. The summed E-state index contributed by atoms with van der Waals surface area (Å²) in [5, 5.41) is 4.62. The van der Waals surface area contributed by atoms with Gasteiger partial charge in [-0.25, -0.2) is 4.39 Å². The number of aromatic nitrogens is 1. The van der Waals surface area contributed by atoms with Gasteiger partial charge in [0.2, 0.25) is 0 Å². The van der Waals surface area contributed by atoms with Crippen molar-refractivity contribution in [1.29, 1.82) is 0 Å². The second-order valence-corrected chi connectivity index (χ2v) is 5.26. The number of halogens is 1. The van der Waals surface area contributed by atoms with Crippen molar-refractivity contribution in [1.82, 2.24) is 9.88 Å². The number of aryl methyl sites for hydroxylation is 1. The standard InChI is InChI=1S/C15H19FN2/c1-18-10-11(9-17-12-5-2-3-6-12)13-7-4-8-14(16)15(13)18/h4,7-8,10,12,17H,2-3,5-6,9H2,1H3. The summed E-state index contributed by atoms with van der Waals surface area (Å²) in [4.78, 5) is 0. The molecule has 1 aliphatic carbocycles. The van der Waals surface area contributed by atoms with Crippen LogP contribution in [0.15, 0.2) is 24.4 Å². The average Bonchev–Trinajstić information content (AvgIpc) is 2.96. The van der Waals surface area contributed by atoms with Gasteiger partial charge in [-0.05, 0) is 24.5 Å². The van der Waals surface area contributed by atoms with Crippen molar-refractivity contribution in [3.63, 3.8) is 0 Å². The van der Waals surface area contributed by atoms with E-state index in [-0.39, 0.29) is 5.82 Å². The van der Waals surface area contributed by atoms with Crippen LogP contribution in [-0.4, -0.2) is 10.6 Å². The summed E-state index contributed by atoms with van der Waals surface area (Å²) in [6.45, 7) is 0.839. The fraction of sp³-hybridized carbons (Fsp3) is 0.467. The topological polar surface area (TPSA) is 17.0 Å². The highest BCUT2D eigenvalue weighted by molar-refractivity contribution is 5.84. The second-order valence-electron chi connectivity index (χ2n) is 5.26. The Morgan fingerprint density at radius 2 is 2.11 bits per heavy atom. The van der Waals surface area contributed by atoms with Crippen molar-refractivity contribution in [2.45, 2.75) is 38.3 Å². The summed E-state index contributed by atoms with van der Waals surface area (Å²) in [6.07, 6.45) is 7.26. The van der Waals surface area contributed by atoms with Gasteiger partial charge in [-0.1, -0.05) is 25.0 Å². The normalized spacial score (nSPS) is 16.8. The number of nitrogens with one attached hydrogen (secondary N) is 1. The Hall–Kier alpha value is -1.35. The van der Waals surface area contributed by atoms with Crippen LogP contribution in [0.25, 0.3) is 10.9 Å². The lowest BCUT2D eigenvalue weighted by Gasteiger charge is -2.10. The van der Waals surface area contributed by atoms with Crippen LogP contribution in [0.5, 0.6) is 0 Å². The van der Waals surface area contributed by atoms with Gasteiger partial charge in [0.1, 0.15) is 5.82 Å². The van der Waals surface area contributed by atoms with Crippen LogP contribution in [0.4, 0.5) is 4.39 Å². The van der Waals surface area contributed by atoms with E-state index in [2.05, 4.69) is 5.32 Å². The lowest BCUT2D eigenvalue weighted by atomic mass is 10.1. The number of nitrogens with zero attached hydrogens (tertiary/aromatic N) is 1. The minimum Gasteiger partial charge on any atom is -0.348 e. The minimum absolute atomic E-state index is 0.137. The largest absolute Gasteiger partial charge is 0.348 e. The molecule has 2 aromatic rings. The first-order valence-corrected chi connectivity index (χ1v) is 6.71. The molecule has 1 aromatic heterocycles. The van der Waals surface area contributed by atoms with Gasteiger partial charge in [0.05, 0.1) is 5.52 Å². The third-order valence-corrected chi connectivity index (χ3v) is 3.97. The van der Waals surface area contributed by atoms with Gasteiger partial charge in [0, 0.05) is 31.2 Å². The lowest BCUT2D eigenvalue weighted by Crippen LogP contribution is -2.25. The molecule has 0 amide bonds. The van der Waals surface area contributed by atoms with Gasteiger partial charge in [0.25, 0.3) is 0 Å². The van der Waals surface area contributed by atoms with Crippen LogP contribution in [0.3, 0.4) is 0 Å². The molecule has 0 aliphatic heterocycles. The first kappa shape index (κ1) is 11.7. The van der Waals surface area contributed by atoms with Crippen molar-refractivity contribution < 1.29 is 4.39 Å². The molecule has 0 spiro atoms. The van der Waals surface area contributed by atoms with Crippen LogP contribution in [-0.2, 0) is 13.6 Å². The summed E-state index contributed by atoms with van der Waals surface area (Å²) in [5.74, 6) is -0.137. The van der Waals surface area contributed by atoms with E-state index in [1.165, 1.54) is 37.3 Å². The maximum atomic E-state index is 13.8. The van der Waals surface area contributed by atoms with E-state index in [4.69, 9.17) is 0 Å². The molecular weight excluding hydrogens is 227 g/mol. The van der Waals surface area contributed by atoms with Crippen molar-refractivity contribution in [2.75, 3.05) is 0 Å². The molecule has 0 saturated heterocycles. The second kappa shape index (κ2) is 4.73. The van der Waals surface area contributed by atoms with Crippen LogP contribution < -0.4 is 5.32 Å². The van der Waals surface area contributed by atoms with Gasteiger partial charge < -0.3 is 9.88 Å². The van der Waals surface area contributed by atoms with E-state index in [0.717, 1.165) is 11.9 Å². The fourth-order valence-electron chi connectivity index (χ4n) is 3.03. The number of para-hydroxylation sites is 1. The first-order valence-electron chi connectivity index (χ1n) is 6.71. The molecule has 1 saturated carbocycles. The van der Waals surface area contributed by atoms with Gasteiger partial charge in [-0.3, -0.25) is 0 Å². The quantitative estimate of drug-likeness (QED) is 0.878. The predicted octanol–water partition coefficient (Wildman–Crippen LogP) is 3.35. The van der Waals surface area contributed by atoms with Crippen molar-refractivity contribution in [3.8, 4) is 0 Å². The lowest BCUT2D eigenvalue weighted by molar-refractivity contribution is 0.525. The molecular formula is C15H19FN2. The molecule has 0 unspecified atom stereocenters. The summed E-state index contributed by atoms with van der Waals surface area (Å²) in [5.41, 5.74) is 1.90. The summed E-state index contributed by atoms with van der Waals surface area (Å²) in [6, 6.07) is 5.96. The van der Waals surface area contributed by atoms with Gasteiger partial charge in [0.15, 0.2) is 0 Å². The molecule has 1 aliphatic rings. The Kier molecular flexibility index (Phi) is 3.08. The van der Waals surface area contributed by atoms with Crippen molar-refractivity contribution >= 4 is 10.9 Å². The molecule has 96 valence electrons. The van der Waals surface area contributed by atoms with Crippen LogP contribution in [0.2, 0.25) is 0 Å². The number of fused-ring (bicyclic) bond motifs is 1. The highest BCUT2D eigenvalue weighted by Gasteiger charge is 2.15. The van der Waals surface area contributed by atoms with Gasteiger partial charge in [-0.2, -0.15) is 0 Å². The number of benzene rings is 1. The van der Waals surface area contributed by atoms with Gasteiger partial charge >= 0.3 is 0 Å². The molecule has 3 rings (SSSR count). The zero-order valence-corrected chi connectivity index (χ0v) is 10.7. The molecule has 0 radical (unpaired) electrons. The maximum Gasteiger partial charge on any atom is 0.147 e. The van der Waals surface area contributed by atoms with Crippen molar-refractivity contribution in [2.24, 2.45) is 7.05 Å². The molecule has 18 heavy (non-hydrogen) atoms. The zero-order chi connectivity index (χ0) is 12.5. The Morgan fingerprint density at radius 3 is 2.89 bits per heavy atom. The minimum atomic E-state index is -0.137. The SMILES string of the molecule is Cn1cc(CNC2CCCC2)c2cccc(F)c21. The van der Waals surface area contributed by atoms with E-state index < -0.39 is 0 Å². The van der Waals surface area contributed by atoms with Crippen LogP contribution in [0, 0.1) is 5.82 Å². The number of hydrogen-bond donors (Lipinski definition) is 1. The van der Waals surface area contributed by atoms with E-state index in [0.29, 0.717) is 11.6 Å². The smallest absolute Gasteiger partial charge is 0.147 e. The van der Waals surface area contributed by atoms with Crippen LogP contribution in [0.1, 0.15) is 31.2 Å². The number of hydrogen-bond acceptors (Lipinski definition) is 1. The van der Waals surface area contributed by atoms with Crippen LogP contribution >= 0.6 is 0 Å². The first-order chi connectivity index (χ1) is 8.75. The number of rotatable bonds is 3. The Labute approximate surface area is 107 Å². The Morgan fingerprint density at radius 1 is 1.33 bits per heavy atom. The van der Waals surface area contributed by atoms with E-state index >= 15 is 0 Å². The van der Waals surface area contributed by atoms with E-state index in [1.54, 1.807) is 6.07 Å². The third-order valence-electron chi connectivity index (χ3n) is 3.97. The zero-order valence-electron chi connectivity index (χ0n) is 10.7. The third kappa shape index (κ3) is 2.03.